The summed E-state index contributed by atoms with van der Waals surface area (Å²) < 4.78 is 0. The van der Waals surface area contributed by atoms with Crippen molar-refractivity contribution in [3.05, 3.63) is 11.6 Å². The van der Waals surface area contributed by atoms with E-state index >= 15 is 0 Å². The highest BCUT2D eigenvalue weighted by atomic mass is 14.9. The summed E-state index contributed by atoms with van der Waals surface area (Å²) in [5, 5.41) is 3.58. The maximum absolute atomic E-state index is 3.58. The maximum atomic E-state index is 3.58. The topological polar surface area (TPSA) is 12.0 Å². The van der Waals surface area contributed by atoms with Crippen LogP contribution in [0.2, 0.25) is 0 Å². The van der Waals surface area contributed by atoms with E-state index in [1.165, 1.54) is 31.3 Å². The quantitative estimate of drug-likeness (QED) is 0.596. The third-order valence-corrected chi connectivity index (χ3v) is 2.19. The minimum Gasteiger partial charge on any atom is -0.311 e. The summed E-state index contributed by atoms with van der Waals surface area (Å²) in [5.41, 5.74) is 1.40. The molecule has 0 aliphatic carbocycles. The Bertz CT molecular complexity index is 128. The minimum absolute atomic E-state index is 0.727. The molecule has 0 aromatic rings. The second kappa shape index (κ2) is 8.31. The molecule has 1 heteroatoms. The molecule has 0 aromatic heterocycles. The van der Waals surface area contributed by atoms with Crippen LogP contribution in [0.3, 0.4) is 0 Å². The molecule has 0 amide bonds. The van der Waals surface area contributed by atoms with Crippen molar-refractivity contribution >= 4 is 0 Å². The average Bonchev–Trinajstić information content (AvgIpc) is 2.04. The third kappa shape index (κ3) is 8.04. The molecular weight excluding hydrogens is 158 g/mol. The Labute approximate surface area is 83.6 Å². The number of nitrogens with one attached hydrogen (secondary N) is 1. The van der Waals surface area contributed by atoms with Gasteiger partial charge in [0.25, 0.3) is 0 Å². The molecule has 0 rings (SSSR count). The molecule has 0 aromatic carbocycles. The van der Waals surface area contributed by atoms with Crippen LogP contribution in [-0.4, -0.2) is 12.6 Å². The van der Waals surface area contributed by atoms with E-state index in [1.807, 2.05) is 0 Å². The first-order chi connectivity index (χ1) is 6.20. The van der Waals surface area contributed by atoms with Gasteiger partial charge in [-0.2, -0.15) is 0 Å². The highest BCUT2D eigenvalue weighted by Crippen LogP contribution is 2.04. The van der Waals surface area contributed by atoms with Crippen LogP contribution >= 0.6 is 0 Å². The summed E-state index contributed by atoms with van der Waals surface area (Å²) >= 11 is 0. The summed E-state index contributed by atoms with van der Waals surface area (Å²) in [4.78, 5) is 0. The molecule has 78 valence electrons. The fraction of sp³-hybridized carbons (Fsp3) is 0.833. The van der Waals surface area contributed by atoms with Gasteiger partial charge in [0.05, 0.1) is 0 Å². The van der Waals surface area contributed by atoms with Gasteiger partial charge in [0.15, 0.2) is 0 Å². The zero-order valence-corrected chi connectivity index (χ0v) is 9.69. The molecule has 1 nitrogen and oxygen atoms in total. The fourth-order valence-corrected chi connectivity index (χ4v) is 1.48. The molecule has 0 atom stereocenters. The standard InChI is InChI=1S/C12H25N/c1-5-7-12(8-6-2)13-10-9-11(3)4/h9,12-13H,5-8,10H2,1-4H3. The summed E-state index contributed by atoms with van der Waals surface area (Å²) in [6.07, 6.45) is 7.45. The van der Waals surface area contributed by atoms with E-state index in [-0.39, 0.29) is 0 Å². The normalized spacial score (nSPS) is 10.5. The zero-order valence-electron chi connectivity index (χ0n) is 9.69. The Balaban J connectivity index is 3.61. The van der Waals surface area contributed by atoms with Crippen molar-refractivity contribution in [1.29, 1.82) is 0 Å². The minimum atomic E-state index is 0.727. The zero-order chi connectivity index (χ0) is 10.1. The van der Waals surface area contributed by atoms with E-state index in [1.54, 1.807) is 0 Å². The molecule has 0 unspecified atom stereocenters. The SMILES string of the molecule is CCCC(CCC)NCC=C(C)C. The summed E-state index contributed by atoms with van der Waals surface area (Å²) in [5.74, 6) is 0. The van der Waals surface area contributed by atoms with Crippen LogP contribution in [0.15, 0.2) is 11.6 Å². The molecule has 0 saturated carbocycles. The average molecular weight is 183 g/mol. The van der Waals surface area contributed by atoms with E-state index < -0.39 is 0 Å². The molecule has 0 aliphatic heterocycles. The van der Waals surface area contributed by atoms with Gasteiger partial charge in [-0.25, -0.2) is 0 Å². The molecule has 0 radical (unpaired) electrons. The van der Waals surface area contributed by atoms with Crippen LogP contribution in [-0.2, 0) is 0 Å². The summed E-state index contributed by atoms with van der Waals surface area (Å²) in [6, 6.07) is 0.727. The van der Waals surface area contributed by atoms with Gasteiger partial charge in [-0.3, -0.25) is 0 Å². The largest absolute Gasteiger partial charge is 0.311 e. The van der Waals surface area contributed by atoms with Gasteiger partial charge in [-0.15, -0.1) is 0 Å². The van der Waals surface area contributed by atoms with Crippen LogP contribution in [0, 0.1) is 0 Å². The molecule has 13 heavy (non-hydrogen) atoms. The first kappa shape index (κ1) is 12.7. The van der Waals surface area contributed by atoms with Crippen molar-refractivity contribution in [1.82, 2.24) is 5.32 Å². The number of hydrogen-bond acceptors (Lipinski definition) is 1. The lowest BCUT2D eigenvalue weighted by atomic mass is 10.1. The number of allylic oxidation sites excluding steroid dienone is 1. The van der Waals surface area contributed by atoms with Gasteiger partial charge in [-0.1, -0.05) is 38.3 Å². The Kier molecular flexibility index (Phi) is 8.11. The lowest BCUT2D eigenvalue weighted by Gasteiger charge is -2.15. The fourth-order valence-electron chi connectivity index (χ4n) is 1.48. The van der Waals surface area contributed by atoms with E-state index in [4.69, 9.17) is 0 Å². The van der Waals surface area contributed by atoms with Crippen molar-refractivity contribution in [2.45, 2.75) is 59.4 Å². The molecule has 0 saturated heterocycles. The Morgan fingerprint density at radius 1 is 1.15 bits per heavy atom. The predicted molar refractivity (Wildman–Crippen MR) is 61.0 cm³/mol. The molecule has 0 fully saturated rings. The molecule has 1 N–H and O–H groups in total. The van der Waals surface area contributed by atoms with E-state index in [0.717, 1.165) is 12.6 Å². The summed E-state index contributed by atoms with van der Waals surface area (Å²) in [7, 11) is 0. The van der Waals surface area contributed by atoms with Crippen molar-refractivity contribution < 1.29 is 0 Å². The molecular formula is C12H25N. The predicted octanol–water partition coefficient (Wildman–Crippen LogP) is 3.51. The third-order valence-electron chi connectivity index (χ3n) is 2.19. The van der Waals surface area contributed by atoms with Crippen LogP contribution in [0.4, 0.5) is 0 Å². The molecule has 0 bridgehead atoms. The van der Waals surface area contributed by atoms with Crippen molar-refractivity contribution in [2.75, 3.05) is 6.54 Å². The first-order valence-electron chi connectivity index (χ1n) is 5.57. The second-order valence-corrected chi connectivity index (χ2v) is 3.96. The number of rotatable bonds is 7. The van der Waals surface area contributed by atoms with Gasteiger partial charge >= 0.3 is 0 Å². The van der Waals surface area contributed by atoms with Gasteiger partial charge in [0, 0.05) is 12.6 Å². The maximum Gasteiger partial charge on any atom is 0.0139 e. The van der Waals surface area contributed by atoms with Gasteiger partial charge in [0.1, 0.15) is 0 Å². The highest BCUT2D eigenvalue weighted by Gasteiger charge is 2.03. The van der Waals surface area contributed by atoms with E-state index in [9.17, 15) is 0 Å². The van der Waals surface area contributed by atoms with E-state index in [0.29, 0.717) is 0 Å². The Hall–Kier alpha value is -0.300. The van der Waals surface area contributed by atoms with E-state index in [2.05, 4.69) is 39.1 Å². The Morgan fingerprint density at radius 3 is 2.08 bits per heavy atom. The van der Waals surface area contributed by atoms with Crippen molar-refractivity contribution in [2.24, 2.45) is 0 Å². The van der Waals surface area contributed by atoms with Crippen molar-refractivity contribution in [3.63, 3.8) is 0 Å². The van der Waals surface area contributed by atoms with Gasteiger partial charge < -0.3 is 5.32 Å². The van der Waals surface area contributed by atoms with Gasteiger partial charge in [-0.05, 0) is 26.7 Å². The molecule has 0 aliphatic rings. The number of hydrogen-bond donors (Lipinski definition) is 1. The van der Waals surface area contributed by atoms with Gasteiger partial charge in [0.2, 0.25) is 0 Å². The van der Waals surface area contributed by atoms with Crippen molar-refractivity contribution in [3.8, 4) is 0 Å². The smallest absolute Gasteiger partial charge is 0.0139 e. The monoisotopic (exact) mass is 183 g/mol. The second-order valence-electron chi connectivity index (χ2n) is 3.96. The van der Waals surface area contributed by atoms with Crippen LogP contribution < -0.4 is 5.32 Å². The lowest BCUT2D eigenvalue weighted by molar-refractivity contribution is 0.463. The molecule has 0 spiro atoms. The van der Waals surface area contributed by atoms with Crippen LogP contribution in [0.25, 0.3) is 0 Å². The lowest BCUT2D eigenvalue weighted by Crippen LogP contribution is -2.28. The van der Waals surface area contributed by atoms with Crippen LogP contribution in [0.1, 0.15) is 53.4 Å². The Morgan fingerprint density at radius 2 is 1.69 bits per heavy atom. The first-order valence-corrected chi connectivity index (χ1v) is 5.57. The summed E-state index contributed by atoms with van der Waals surface area (Å²) in [6.45, 7) is 9.84. The van der Waals surface area contributed by atoms with Crippen LogP contribution in [0.5, 0.6) is 0 Å². The highest BCUT2D eigenvalue weighted by molar-refractivity contribution is 4.94. The molecule has 0 heterocycles.